The zero-order valence-corrected chi connectivity index (χ0v) is 13.0. The molecule has 2 N–H and O–H groups in total. The number of para-hydroxylation sites is 2. The smallest absolute Gasteiger partial charge is 0.243 e. The molecule has 0 aliphatic carbocycles. The van der Waals surface area contributed by atoms with E-state index in [1.54, 1.807) is 13.0 Å². The Bertz CT molecular complexity index is 665. The molecule has 0 spiro atoms. The Morgan fingerprint density at radius 3 is 2.83 bits per heavy atom. The number of ether oxygens (including phenoxy) is 1. The number of hydrogen-bond donors (Lipinski definition) is 2. The van der Waals surface area contributed by atoms with Crippen LogP contribution < -0.4 is 15.5 Å². The SMILES string of the molecule is Cc1cc(NCC(=O)Nc2ccccc2N2CCOCC2)no1. The highest BCUT2D eigenvalue weighted by molar-refractivity contribution is 5.96. The number of benzene rings is 1. The Labute approximate surface area is 134 Å². The van der Waals surface area contributed by atoms with E-state index in [4.69, 9.17) is 9.26 Å². The molecule has 23 heavy (non-hydrogen) atoms. The van der Waals surface area contributed by atoms with E-state index in [1.165, 1.54) is 0 Å². The highest BCUT2D eigenvalue weighted by atomic mass is 16.5. The maximum absolute atomic E-state index is 12.2. The van der Waals surface area contributed by atoms with Gasteiger partial charge < -0.3 is 24.8 Å². The van der Waals surface area contributed by atoms with Crippen molar-refractivity contribution in [3.63, 3.8) is 0 Å². The van der Waals surface area contributed by atoms with Crippen LogP contribution in [-0.4, -0.2) is 43.9 Å². The normalized spacial score (nSPS) is 14.6. The van der Waals surface area contributed by atoms with Gasteiger partial charge in [-0.15, -0.1) is 0 Å². The Kier molecular flexibility index (Phi) is 4.77. The molecule has 122 valence electrons. The number of nitrogens with zero attached hydrogens (tertiary/aromatic N) is 2. The summed E-state index contributed by atoms with van der Waals surface area (Å²) < 4.78 is 10.3. The van der Waals surface area contributed by atoms with Crippen molar-refractivity contribution in [2.24, 2.45) is 0 Å². The lowest BCUT2D eigenvalue weighted by Gasteiger charge is -2.30. The van der Waals surface area contributed by atoms with Gasteiger partial charge in [0.15, 0.2) is 5.82 Å². The average Bonchev–Trinajstić information content (AvgIpc) is 3.00. The number of morpholine rings is 1. The van der Waals surface area contributed by atoms with Gasteiger partial charge in [0, 0.05) is 19.2 Å². The molecular weight excluding hydrogens is 296 g/mol. The van der Waals surface area contributed by atoms with E-state index < -0.39 is 0 Å². The fourth-order valence-corrected chi connectivity index (χ4v) is 2.47. The summed E-state index contributed by atoms with van der Waals surface area (Å²) in [6.07, 6.45) is 0. The second-order valence-corrected chi connectivity index (χ2v) is 5.34. The fourth-order valence-electron chi connectivity index (χ4n) is 2.47. The van der Waals surface area contributed by atoms with Gasteiger partial charge in [-0.05, 0) is 19.1 Å². The Hall–Kier alpha value is -2.54. The van der Waals surface area contributed by atoms with Crippen LogP contribution in [0.25, 0.3) is 0 Å². The van der Waals surface area contributed by atoms with Gasteiger partial charge in [-0.1, -0.05) is 17.3 Å². The molecule has 1 fully saturated rings. The standard InChI is InChI=1S/C16H20N4O3/c1-12-10-15(19-23-12)17-11-16(21)18-13-4-2-3-5-14(13)20-6-8-22-9-7-20/h2-5,10H,6-9,11H2,1H3,(H,17,19)(H,18,21). The summed E-state index contributed by atoms with van der Waals surface area (Å²) in [6.45, 7) is 4.98. The second-order valence-electron chi connectivity index (χ2n) is 5.34. The third-order valence-corrected chi connectivity index (χ3v) is 3.59. The van der Waals surface area contributed by atoms with Crippen molar-refractivity contribution in [3.05, 3.63) is 36.1 Å². The topological polar surface area (TPSA) is 79.6 Å². The van der Waals surface area contributed by atoms with Gasteiger partial charge >= 0.3 is 0 Å². The molecule has 7 heteroatoms. The Morgan fingerprint density at radius 2 is 2.09 bits per heavy atom. The van der Waals surface area contributed by atoms with Crippen LogP contribution >= 0.6 is 0 Å². The highest BCUT2D eigenvalue weighted by Crippen LogP contribution is 2.26. The van der Waals surface area contributed by atoms with Gasteiger partial charge in [0.2, 0.25) is 5.91 Å². The minimum atomic E-state index is -0.133. The van der Waals surface area contributed by atoms with Gasteiger partial charge in [0.1, 0.15) is 5.76 Å². The van der Waals surface area contributed by atoms with Crippen molar-refractivity contribution in [2.75, 3.05) is 48.4 Å². The van der Waals surface area contributed by atoms with E-state index in [0.29, 0.717) is 24.8 Å². The van der Waals surface area contributed by atoms with E-state index in [-0.39, 0.29) is 12.5 Å². The number of aryl methyl sites for hydroxylation is 1. The molecule has 3 rings (SSSR count). The Morgan fingerprint density at radius 1 is 1.30 bits per heavy atom. The van der Waals surface area contributed by atoms with Crippen LogP contribution in [0.1, 0.15) is 5.76 Å². The average molecular weight is 316 g/mol. The number of carbonyl (C=O) groups excluding carboxylic acids is 1. The minimum absolute atomic E-state index is 0.128. The summed E-state index contributed by atoms with van der Waals surface area (Å²) in [7, 11) is 0. The zero-order valence-electron chi connectivity index (χ0n) is 13.0. The molecule has 2 heterocycles. The van der Waals surface area contributed by atoms with Crippen LogP contribution in [0.2, 0.25) is 0 Å². The van der Waals surface area contributed by atoms with Crippen molar-refractivity contribution in [1.29, 1.82) is 0 Å². The maximum Gasteiger partial charge on any atom is 0.243 e. The Balaban J connectivity index is 1.61. The van der Waals surface area contributed by atoms with Crippen molar-refractivity contribution in [1.82, 2.24) is 5.16 Å². The van der Waals surface area contributed by atoms with E-state index in [1.807, 2.05) is 24.3 Å². The zero-order chi connectivity index (χ0) is 16.1. The van der Waals surface area contributed by atoms with Crippen LogP contribution in [0.3, 0.4) is 0 Å². The van der Waals surface area contributed by atoms with Crippen LogP contribution in [0.5, 0.6) is 0 Å². The van der Waals surface area contributed by atoms with Crippen molar-refractivity contribution < 1.29 is 14.1 Å². The van der Waals surface area contributed by atoms with Crippen molar-refractivity contribution >= 4 is 23.1 Å². The first-order chi connectivity index (χ1) is 11.2. The maximum atomic E-state index is 12.2. The highest BCUT2D eigenvalue weighted by Gasteiger charge is 2.15. The first-order valence-corrected chi connectivity index (χ1v) is 7.61. The number of anilines is 3. The molecule has 1 amide bonds. The summed E-state index contributed by atoms with van der Waals surface area (Å²) in [5, 5.41) is 9.67. The number of carbonyl (C=O) groups is 1. The fraction of sp³-hybridized carbons (Fsp3) is 0.375. The molecule has 1 saturated heterocycles. The first-order valence-electron chi connectivity index (χ1n) is 7.61. The van der Waals surface area contributed by atoms with Crippen molar-refractivity contribution in [3.8, 4) is 0 Å². The van der Waals surface area contributed by atoms with Crippen LogP contribution in [0.15, 0.2) is 34.9 Å². The second kappa shape index (κ2) is 7.15. The molecule has 0 unspecified atom stereocenters. The van der Waals surface area contributed by atoms with Crippen LogP contribution in [-0.2, 0) is 9.53 Å². The molecule has 1 aromatic carbocycles. The molecule has 0 bridgehead atoms. The molecule has 1 aromatic heterocycles. The number of amides is 1. The number of hydrogen-bond acceptors (Lipinski definition) is 6. The van der Waals surface area contributed by atoms with Gasteiger partial charge in [0.05, 0.1) is 31.1 Å². The molecular formula is C16H20N4O3. The van der Waals surface area contributed by atoms with Crippen LogP contribution in [0, 0.1) is 6.92 Å². The summed E-state index contributed by atoms with van der Waals surface area (Å²) in [5.41, 5.74) is 1.82. The molecule has 1 aliphatic rings. The number of nitrogens with one attached hydrogen (secondary N) is 2. The molecule has 7 nitrogen and oxygen atoms in total. The predicted octanol–water partition coefficient (Wildman–Crippen LogP) is 1.87. The third-order valence-electron chi connectivity index (χ3n) is 3.59. The van der Waals surface area contributed by atoms with Gasteiger partial charge in [-0.2, -0.15) is 0 Å². The monoisotopic (exact) mass is 316 g/mol. The molecule has 1 aliphatic heterocycles. The lowest BCUT2D eigenvalue weighted by molar-refractivity contribution is -0.114. The largest absolute Gasteiger partial charge is 0.378 e. The van der Waals surface area contributed by atoms with Gasteiger partial charge in [0.25, 0.3) is 0 Å². The van der Waals surface area contributed by atoms with Gasteiger partial charge in [-0.25, -0.2) is 0 Å². The van der Waals surface area contributed by atoms with Crippen molar-refractivity contribution in [2.45, 2.75) is 6.92 Å². The van der Waals surface area contributed by atoms with E-state index in [2.05, 4.69) is 20.7 Å². The van der Waals surface area contributed by atoms with E-state index >= 15 is 0 Å². The van der Waals surface area contributed by atoms with E-state index in [9.17, 15) is 4.79 Å². The predicted molar refractivity (Wildman–Crippen MR) is 87.8 cm³/mol. The first kappa shape index (κ1) is 15.4. The summed E-state index contributed by atoms with van der Waals surface area (Å²) in [5.74, 6) is 1.12. The molecule has 0 radical (unpaired) electrons. The summed E-state index contributed by atoms with van der Waals surface area (Å²) >= 11 is 0. The quantitative estimate of drug-likeness (QED) is 0.876. The van der Waals surface area contributed by atoms with Crippen LogP contribution in [0.4, 0.5) is 17.2 Å². The number of aromatic nitrogens is 1. The number of rotatable bonds is 5. The lowest BCUT2D eigenvalue weighted by Crippen LogP contribution is -2.37. The molecule has 0 atom stereocenters. The third kappa shape index (κ3) is 4.01. The summed E-state index contributed by atoms with van der Waals surface area (Å²) in [4.78, 5) is 14.4. The lowest BCUT2D eigenvalue weighted by atomic mass is 10.2. The molecule has 2 aromatic rings. The summed E-state index contributed by atoms with van der Waals surface area (Å²) in [6, 6.07) is 9.54. The van der Waals surface area contributed by atoms with Gasteiger partial charge in [-0.3, -0.25) is 4.79 Å². The minimum Gasteiger partial charge on any atom is -0.378 e. The van der Waals surface area contributed by atoms with E-state index in [0.717, 1.165) is 24.5 Å². The molecule has 0 saturated carbocycles.